The number of rotatable bonds is 6. The SMILES string of the molecule is C=CCCc1ccc(C(CC)c2ccccc2)c(=O)o1. The number of hydrogen-bond acceptors (Lipinski definition) is 2. The Labute approximate surface area is 119 Å². The highest BCUT2D eigenvalue weighted by atomic mass is 16.4. The average Bonchev–Trinajstić information content (AvgIpc) is 2.49. The van der Waals surface area contributed by atoms with Crippen LogP contribution in [0.1, 0.15) is 42.6 Å². The van der Waals surface area contributed by atoms with Crippen molar-refractivity contribution in [2.75, 3.05) is 0 Å². The summed E-state index contributed by atoms with van der Waals surface area (Å²) in [5.74, 6) is 0.822. The average molecular weight is 268 g/mol. The van der Waals surface area contributed by atoms with E-state index in [-0.39, 0.29) is 11.5 Å². The Bertz CT molecular complexity index is 611. The molecule has 0 aliphatic rings. The fourth-order valence-corrected chi connectivity index (χ4v) is 2.42. The van der Waals surface area contributed by atoms with Crippen LogP contribution in [0.25, 0.3) is 0 Å². The summed E-state index contributed by atoms with van der Waals surface area (Å²) in [7, 11) is 0. The van der Waals surface area contributed by atoms with E-state index in [4.69, 9.17) is 4.42 Å². The normalized spacial score (nSPS) is 12.1. The van der Waals surface area contributed by atoms with Gasteiger partial charge >= 0.3 is 5.63 Å². The Morgan fingerprint density at radius 2 is 1.95 bits per heavy atom. The molecule has 0 bridgehead atoms. The third-order valence-electron chi connectivity index (χ3n) is 3.49. The zero-order chi connectivity index (χ0) is 14.4. The standard InChI is InChI=1S/C18H20O2/c1-3-5-11-15-12-13-17(18(19)20-15)16(4-2)14-9-7-6-8-10-14/h3,6-10,12-13,16H,1,4-5,11H2,2H3. The summed E-state index contributed by atoms with van der Waals surface area (Å²) in [6.07, 6.45) is 4.24. The second-order valence-electron chi connectivity index (χ2n) is 4.84. The largest absolute Gasteiger partial charge is 0.428 e. The van der Waals surface area contributed by atoms with Crippen LogP contribution in [-0.4, -0.2) is 0 Å². The maximum Gasteiger partial charge on any atom is 0.339 e. The molecule has 1 aromatic heterocycles. The van der Waals surface area contributed by atoms with Gasteiger partial charge < -0.3 is 4.42 Å². The Hall–Kier alpha value is -2.09. The summed E-state index contributed by atoms with van der Waals surface area (Å²) in [6, 6.07) is 13.9. The lowest BCUT2D eigenvalue weighted by molar-refractivity contribution is 0.448. The van der Waals surface area contributed by atoms with Crippen LogP contribution < -0.4 is 5.63 Å². The minimum Gasteiger partial charge on any atom is -0.428 e. The highest BCUT2D eigenvalue weighted by Gasteiger charge is 2.16. The minimum atomic E-state index is -0.220. The first-order chi connectivity index (χ1) is 9.76. The first-order valence-corrected chi connectivity index (χ1v) is 7.05. The molecule has 0 fully saturated rings. The number of aryl methyl sites for hydroxylation is 1. The van der Waals surface area contributed by atoms with Crippen molar-refractivity contribution < 1.29 is 4.42 Å². The predicted octanol–water partition coefficient (Wildman–Crippen LogP) is 4.30. The van der Waals surface area contributed by atoms with Gasteiger partial charge in [0.25, 0.3) is 0 Å². The van der Waals surface area contributed by atoms with Crippen molar-refractivity contribution in [1.82, 2.24) is 0 Å². The molecule has 0 saturated carbocycles. The van der Waals surface area contributed by atoms with Crippen molar-refractivity contribution in [2.24, 2.45) is 0 Å². The van der Waals surface area contributed by atoms with Crippen LogP contribution in [0.15, 0.2) is 64.3 Å². The van der Waals surface area contributed by atoms with Crippen molar-refractivity contribution in [2.45, 2.75) is 32.1 Å². The molecule has 0 aliphatic heterocycles. The Morgan fingerprint density at radius 1 is 1.20 bits per heavy atom. The quantitative estimate of drug-likeness (QED) is 0.731. The van der Waals surface area contributed by atoms with Crippen molar-refractivity contribution >= 4 is 0 Å². The minimum absolute atomic E-state index is 0.0981. The summed E-state index contributed by atoms with van der Waals surface area (Å²) >= 11 is 0. The van der Waals surface area contributed by atoms with Gasteiger partial charge in [-0.15, -0.1) is 6.58 Å². The van der Waals surface area contributed by atoms with E-state index in [0.29, 0.717) is 0 Å². The number of benzene rings is 1. The maximum atomic E-state index is 12.2. The Balaban J connectivity index is 2.31. The maximum absolute atomic E-state index is 12.2. The molecule has 1 aromatic carbocycles. The molecule has 0 saturated heterocycles. The van der Waals surface area contributed by atoms with Gasteiger partial charge in [0.2, 0.25) is 0 Å². The first-order valence-electron chi connectivity index (χ1n) is 7.05. The Kier molecular flexibility index (Phi) is 4.94. The van der Waals surface area contributed by atoms with E-state index in [2.05, 4.69) is 25.6 Å². The van der Waals surface area contributed by atoms with Gasteiger partial charge in [-0.3, -0.25) is 0 Å². The molecule has 1 atom stereocenters. The highest BCUT2D eigenvalue weighted by molar-refractivity contribution is 5.30. The van der Waals surface area contributed by atoms with Gasteiger partial charge in [0.1, 0.15) is 5.76 Å². The molecule has 2 nitrogen and oxygen atoms in total. The number of allylic oxidation sites excluding steroid dienone is 1. The zero-order valence-corrected chi connectivity index (χ0v) is 11.8. The lowest BCUT2D eigenvalue weighted by atomic mass is 9.90. The van der Waals surface area contributed by atoms with Gasteiger partial charge in [-0.2, -0.15) is 0 Å². The summed E-state index contributed by atoms with van der Waals surface area (Å²) in [6.45, 7) is 5.76. The monoisotopic (exact) mass is 268 g/mol. The molecule has 1 unspecified atom stereocenters. The second-order valence-corrected chi connectivity index (χ2v) is 4.84. The van der Waals surface area contributed by atoms with E-state index in [1.165, 1.54) is 0 Å². The highest BCUT2D eigenvalue weighted by Crippen LogP contribution is 2.25. The molecule has 0 N–H and O–H groups in total. The summed E-state index contributed by atoms with van der Waals surface area (Å²) in [5, 5.41) is 0. The number of hydrogen-bond donors (Lipinski definition) is 0. The van der Waals surface area contributed by atoms with Gasteiger partial charge in [0, 0.05) is 17.9 Å². The fraction of sp³-hybridized carbons (Fsp3) is 0.278. The van der Waals surface area contributed by atoms with Gasteiger partial charge in [0.15, 0.2) is 0 Å². The summed E-state index contributed by atoms with van der Waals surface area (Å²) in [4.78, 5) is 12.2. The van der Waals surface area contributed by atoms with Gasteiger partial charge in [0.05, 0.1) is 0 Å². The van der Waals surface area contributed by atoms with E-state index in [0.717, 1.165) is 36.1 Å². The molecule has 0 spiro atoms. The van der Waals surface area contributed by atoms with Crippen molar-refractivity contribution in [3.8, 4) is 0 Å². The molecule has 20 heavy (non-hydrogen) atoms. The first kappa shape index (κ1) is 14.3. The molecule has 1 heterocycles. The third kappa shape index (κ3) is 3.27. The van der Waals surface area contributed by atoms with E-state index in [1.807, 2.05) is 36.4 Å². The summed E-state index contributed by atoms with van der Waals surface area (Å²) < 4.78 is 5.41. The fourth-order valence-electron chi connectivity index (χ4n) is 2.42. The second kappa shape index (κ2) is 6.90. The molecule has 0 radical (unpaired) electrons. The topological polar surface area (TPSA) is 30.2 Å². The molecular formula is C18H20O2. The lowest BCUT2D eigenvalue weighted by Gasteiger charge is -2.14. The lowest BCUT2D eigenvalue weighted by Crippen LogP contribution is -2.14. The van der Waals surface area contributed by atoms with Crippen LogP contribution in [0.5, 0.6) is 0 Å². The van der Waals surface area contributed by atoms with Crippen LogP contribution >= 0.6 is 0 Å². The molecule has 2 rings (SSSR count). The van der Waals surface area contributed by atoms with Crippen LogP contribution in [0.2, 0.25) is 0 Å². The van der Waals surface area contributed by atoms with E-state index in [9.17, 15) is 4.79 Å². The van der Waals surface area contributed by atoms with Crippen LogP contribution in [0.3, 0.4) is 0 Å². The summed E-state index contributed by atoms with van der Waals surface area (Å²) in [5.41, 5.74) is 1.67. The van der Waals surface area contributed by atoms with Crippen molar-refractivity contribution in [3.05, 3.63) is 82.4 Å². The Morgan fingerprint density at radius 3 is 2.55 bits per heavy atom. The van der Waals surface area contributed by atoms with Gasteiger partial charge in [-0.25, -0.2) is 4.79 Å². The molecular weight excluding hydrogens is 248 g/mol. The molecule has 104 valence electrons. The van der Waals surface area contributed by atoms with Crippen LogP contribution in [0.4, 0.5) is 0 Å². The van der Waals surface area contributed by atoms with Crippen LogP contribution in [-0.2, 0) is 6.42 Å². The third-order valence-corrected chi connectivity index (χ3v) is 3.49. The van der Waals surface area contributed by atoms with Crippen molar-refractivity contribution in [1.29, 1.82) is 0 Å². The molecule has 0 aliphatic carbocycles. The smallest absolute Gasteiger partial charge is 0.339 e. The molecule has 2 aromatic rings. The van der Waals surface area contributed by atoms with Crippen LogP contribution in [0, 0.1) is 0 Å². The van der Waals surface area contributed by atoms with Gasteiger partial charge in [-0.1, -0.05) is 43.3 Å². The van der Waals surface area contributed by atoms with E-state index in [1.54, 1.807) is 0 Å². The van der Waals surface area contributed by atoms with E-state index < -0.39 is 0 Å². The molecule has 2 heteroatoms. The molecule has 0 amide bonds. The predicted molar refractivity (Wildman–Crippen MR) is 82.1 cm³/mol. The van der Waals surface area contributed by atoms with Crippen molar-refractivity contribution in [3.63, 3.8) is 0 Å². The zero-order valence-electron chi connectivity index (χ0n) is 11.8. The van der Waals surface area contributed by atoms with Gasteiger partial charge in [-0.05, 0) is 30.5 Å². The van der Waals surface area contributed by atoms with E-state index >= 15 is 0 Å².